The lowest BCUT2D eigenvalue weighted by Gasteiger charge is -2.26. The van der Waals surface area contributed by atoms with Crippen LogP contribution in [0.5, 0.6) is 0 Å². The summed E-state index contributed by atoms with van der Waals surface area (Å²) in [6.45, 7) is 3.84. The van der Waals surface area contributed by atoms with Gasteiger partial charge in [-0.25, -0.2) is 14.4 Å². The molecule has 4 rings (SSSR count). The summed E-state index contributed by atoms with van der Waals surface area (Å²) in [5.41, 5.74) is 2.51. The van der Waals surface area contributed by atoms with Crippen LogP contribution in [0.3, 0.4) is 0 Å². The van der Waals surface area contributed by atoms with Crippen LogP contribution in [0.1, 0.15) is 16.0 Å². The summed E-state index contributed by atoms with van der Waals surface area (Å²) in [6, 6.07) is 4.95. The normalized spacial score (nSPS) is 14.0. The maximum atomic E-state index is 14.3. The molecule has 0 spiro atoms. The van der Waals surface area contributed by atoms with Gasteiger partial charge in [-0.3, -0.25) is 4.79 Å². The zero-order chi connectivity index (χ0) is 21.3. The van der Waals surface area contributed by atoms with Gasteiger partial charge in [0, 0.05) is 24.0 Å². The quantitative estimate of drug-likeness (QED) is 0.629. The molecule has 2 aromatic heterocycles. The molecular weight excluding hydrogens is 401 g/mol. The Balaban J connectivity index is 1.61. The Morgan fingerprint density at radius 1 is 1.37 bits per heavy atom. The number of benzene rings is 1. The highest BCUT2D eigenvalue weighted by Crippen LogP contribution is 2.38. The zero-order valence-corrected chi connectivity index (χ0v) is 18.1. The molecule has 0 bridgehead atoms. The lowest BCUT2D eigenvalue weighted by molar-refractivity contribution is -0.126. The fourth-order valence-electron chi connectivity index (χ4n) is 3.54. The van der Waals surface area contributed by atoms with Gasteiger partial charge in [0.15, 0.2) is 0 Å². The largest absolute Gasteiger partial charge is 0.337 e. The molecular formula is C22H24FN5OS. The van der Waals surface area contributed by atoms with Gasteiger partial charge in [0.2, 0.25) is 5.91 Å². The van der Waals surface area contributed by atoms with Crippen molar-refractivity contribution in [3.8, 4) is 0 Å². The highest BCUT2D eigenvalue weighted by molar-refractivity contribution is 7.19. The molecule has 3 heterocycles. The van der Waals surface area contributed by atoms with Crippen molar-refractivity contribution in [2.45, 2.75) is 19.9 Å². The first-order chi connectivity index (χ1) is 14.4. The lowest BCUT2D eigenvalue weighted by atomic mass is 10.0. The average Bonchev–Trinajstić information content (AvgIpc) is 3.09. The number of hydrogen-bond acceptors (Lipinski definition) is 6. The number of likely N-dealkylation sites (N-methyl/N-ethyl adjacent to an activating group) is 1. The van der Waals surface area contributed by atoms with E-state index in [2.05, 4.69) is 15.3 Å². The van der Waals surface area contributed by atoms with Crippen LogP contribution >= 0.6 is 11.3 Å². The third-order valence-electron chi connectivity index (χ3n) is 5.05. The number of hydrogen-bond donors (Lipinski definition) is 1. The number of rotatable bonds is 5. The molecule has 30 heavy (non-hydrogen) atoms. The van der Waals surface area contributed by atoms with Crippen molar-refractivity contribution in [3.63, 3.8) is 0 Å². The molecule has 0 unspecified atom stereocenters. The maximum absolute atomic E-state index is 14.3. The molecule has 0 saturated carbocycles. The van der Waals surface area contributed by atoms with Crippen LogP contribution in [0.25, 0.3) is 10.2 Å². The summed E-state index contributed by atoms with van der Waals surface area (Å²) < 4.78 is 14.3. The molecule has 156 valence electrons. The van der Waals surface area contributed by atoms with E-state index in [-0.39, 0.29) is 11.7 Å². The number of thiophene rings is 1. The molecule has 0 aliphatic carbocycles. The molecule has 0 fully saturated rings. The fraction of sp³-hybridized carbons (Fsp3) is 0.318. The Labute approximate surface area is 179 Å². The number of carbonyl (C=O) groups is 1. The van der Waals surface area contributed by atoms with Crippen molar-refractivity contribution < 1.29 is 9.18 Å². The monoisotopic (exact) mass is 425 g/mol. The van der Waals surface area contributed by atoms with Gasteiger partial charge in [0.1, 0.15) is 22.8 Å². The van der Waals surface area contributed by atoms with Crippen molar-refractivity contribution in [1.82, 2.24) is 19.8 Å². The van der Waals surface area contributed by atoms with Gasteiger partial charge in [-0.15, -0.1) is 11.3 Å². The standard InChI is InChI=1S/C22H24FN5OS/c1-14-6-7-16(23)17(11-14)26-21-20-15-8-10-28(19(29)5-4-9-27(2)3)12-18(15)30-22(20)25-13-24-21/h4-7,11,13H,8-10,12H2,1-3H3,(H,24,25,26)/b5-4+. The third kappa shape index (κ3) is 4.20. The molecule has 6 nitrogen and oxygen atoms in total. The fourth-order valence-corrected chi connectivity index (χ4v) is 4.75. The molecule has 1 N–H and O–H groups in total. The van der Waals surface area contributed by atoms with Crippen molar-refractivity contribution in [3.05, 3.63) is 58.5 Å². The van der Waals surface area contributed by atoms with E-state index in [1.165, 1.54) is 12.4 Å². The number of aryl methyl sites for hydroxylation is 1. The predicted octanol–water partition coefficient (Wildman–Crippen LogP) is 3.88. The van der Waals surface area contributed by atoms with E-state index in [9.17, 15) is 9.18 Å². The highest BCUT2D eigenvalue weighted by atomic mass is 32.1. The van der Waals surface area contributed by atoms with Crippen LogP contribution in [0.2, 0.25) is 0 Å². The Kier molecular flexibility index (Phi) is 5.78. The number of anilines is 2. The summed E-state index contributed by atoms with van der Waals surface area (Å²) in [6.07, 6.45) is 5.74. The van der Waals surface area contributed by atoms with E-state index in [1.807, 2.05) is 36.9 Å². The molecule has 0 atom stereocenters. The maximum Gasteiger partial charge on any atom is 0.246 e. The minimum absolute atomic E-state index is 0.0196. The number of nitrogens with zero attached hydrogens (tertiary/aromatic N) is 4. The van der Waals surface area contributed by atoms with Crippen LogP contribution in [0.15, 0.2) is 36.7 Å². The first-order valence-corrected chi connectivity index (χ1v) is 10.6. The minimum Gasteiger partial charge on any atom is -0.337 e. The third-order valence-corrected chi connectivity index (χ3v) is 6.18. The molecule has 3 aromatic rings. The average molecular weight is 426 g/mol. The second-order valence-electron chi connectivity index (χ2n) is 7.69. The van der Waals surface area contributed by atoms with E-state index >= 15 is 0 Å². The summed E-state index contributed by atoms with van der Waals surface area (Å²) in [4.78, 5) is 27.1. The van der Waals surface area contributed by atoms with Crippen molar-refractivity contribution >= 4 is 39.0 Å². The van der Waals surface area contributed by atoms with Crippen molar-refractivity contribution in [2.75, 3.05) is 32.5 Å². The SMILES string of the molecule is Cc1ccc(F)c(Nc2ncnc3sc4c(c23)CCN(C(=O)/C=C/CN(C)C)C4)c1. The number of fused-ring (bicyclic) bond motifs is 3. The molecule has 8 heteroatoms. The van der Waals surface area contributed by atoms with Crippen LogP contribution in [0, 0.1) is 12.7 Å². The number of aromatic nitrogens is 2. The van der Waals surface area contributed by atoms with E-state index in [4.69, 9.17) is 0 Å². The second-order valence-corrected chi connectivity index (χ2v) is 8.77. The predicted molar refractivity (Wildman–Crippen MR) is 119 cm³/mol. The number of halogens is 1. The van der Waals surface area contributed by atoms with Gasteiger partial charge >= 0.3 is 0 Å². The Morgan fingerprint density at radius 3 is 3.00 bits per heavy atom. The molecule has 0 saturated heterocycles. The molecule has 0 radical (unpaired) electrons. The highest BCUT2D eigenvalue weighted by Gasteiger charge is 2.25. The van der Waals surface area contributed by atoms with Crippen molar-refractivity contribution in [2.24, 2.45) is 0 Å². The van der Waals surface area contributed by atoms with Gasteiger partial charge in [0.05, 0.1) is 17.6 Å². The van der Waals surface area contributed by atoms with Gasteiger partial charge in [-0.05, 0) is 50.7 Å². The summed E-state index contributed by atoms with van der Waals surface area (Å²) in [5.74, 6) is 0.302. The smallest absolute Gasteiger partial charge is 0.246 e. The van der Waals surface area contributed by atoms with Crippen molar-refractivity contribution in [1.29, 1.82) is 0 Å². The van der Waals surface area contributed by atoms with Gasteiger partial charge in [0.25, 0.3) is 0 Å². The summed E-state index contributed by atoms with van der Waals surface area (Å²) >= 11 is 1.57. The first-order valence-electron chi connectivity index (χ1n) is 9.81. The Bertz CT molecular complexity index is 1120. The topological polar surface area (TPSA) is 61.4 Å². The molecule has 1 aliphatic rings. The van der Waals surface area contributed by atoms with Gasteiger partial charge < -0.3 is 15.1 Å². The van der Waals surface area contributed by atoms with Crippen LogP contribution in [-0.4, -0.2) is 52.9 Å². The van der Waals surface area contributed by atoms with Gasteiger partial charge in [-0.1, -0.05) is 12.1 Å². The van der Waals surface area contributed by atoms with Crippen LogP contribution in [0.4, 0.5) is 15.9 Å². The summed E-state index contributed by atoms with van der Waals surface area (Å²) in [5, 5.41) is 4.07. The van der Waals surface area contributed by atoms with E-state index < -0.39 is 0 Å². The van der Waals surface area contributed by atoms with E-state index in [0.29, 0.717) is 24.6 Å². The van der Waals surface area contributed by atoms with Gasteiger partial charge in [-0.2, -0.15) is 0 Å². The number of carbonyl (C=O) groups excluding carboxylic acids is 1. The first kappa shape index (κ1) is 20.4. The number of amides is 1. The zero-order valence-electron chi connectivity index (χ0n) is 17.3. The molecule has 1 aromatic carbocycles. The summed E-state index contributed by atoms with van der Waals surface area (Å²) in [7, 11) is 3.93. The molecule has 1 amide bonds. The lowest BCUT2D eigenvalue weighted by Crippen LogP contribution is -2.34. The van der Waals surface area contributed by atoms with E-state index in [0.717, 1.165) is 39.2 Å². The van der Waals surface area contributed by atoms with Crippen LogP contribution in [-0.2, 0) is 17.8 Å². The Hall–Kier alpha value is -2.84. The van der Waals surface area contributed by atoms with Crippen LogP contribution < -0.4 is 5.32 Å². The Morgan fingerprint density at radius 2 is 2.20 bits per heavy atom. The number of nitrogens with one attached hydrogen (secondary N) is 1. The molecule has 1 aliphatic heterocycles. The second kappa shape index (κ2) is 8.49. The van der Waals surface area contributed by atoms with E-state index in [1.54, 1.807) is 29.5 Å². The minimum atomic E-state index is -0.322.